The van der Waals surface area contributed by atoms with Gasteiger partial charge in [-0.3, -0.25) is 0 Å². The van der Waals surface area contributed by atoms with Crippen LogP contribution in [0.15, 0.2) is 0 Å². The molecule has 1 aromatic rings. The van der Waals surface area contributed by atoms with Crippen molar-refractivity contribution in [1.82, 2.24) is 4.98 Å². The van der Waals surface area contributed by atoms with Crippen LogP contribution in [0.1, 0.15) is 58.6 Å². The van der Waals surface area contributed by atoms with Gasteiger partial charge >= 0.3 is 7.12 Å². The summed E-state index contributed by atoms with van der Waals surface area (Å²) in [7, 11) is -0.507. The lowest BCUT2D eigenvalue weighted by Gasteiger charge is -2.32. The molecule has 0 aliphatic carbocycles. The summed E-state index contributed by atoms with van der Waals surface area (Å²) < 4.78 is 12.3. The second-order valence-corrected chi connectivity index (χ2v) is 7.62. The molecule has 122 valence electrons. The molecule has 1 fully saturated rings. The minimum atomic E-state index is -0.507. The third-order valence-electron chi connectivity index (χ3n) is 4.78. The van der Waals surface area contributed by atoms with E-state index in [4.69, 9.17) is 32.5 Å². The smallest absolute Gasteiger partial charge is 0.399 e. The first-order valence-electron chi connectivity index (χ1n) is 7.80. The Morgan fingerprint density at radius 2 is 1.59 bits per heavy atom. The Hall–Kier alpha value is -0.285. The Kier molecular flexibility index (Phi) is 5.18. The zero-order valence-electron chi connectivity index (χ0n) is 14.2. The van der Waals surface area contributed by atoms with Crippen LogP contribution in [-0.2, 0) is 15.7 Å². The number of unbranched alkanes of at least 4 members (excludes halogenated alkanes) is 1. The lowest BCUT2D eigenvalue weighted by atomic mass is 9.75. The number of nitrogens with zero attached hydrogens (tertiary/aromatic N) is 1. The topological polar surface area (TPSA) is 31.4 Å². The van der Waals surface area contributed by atoms with Crippen LogP contribution in [0.5, 0.6) is 0 Å². The number of rotatable bonds is 4. The van der Waals surface area contributed by atoms with Crippen LogP contribution in [-0.4, -0.2) is 23.3 Å². The number of aromatic nitrogens is 1. The molecule has 0 bridgehead atoms. The largest absolute Gasteiger partial charge is 0.498 e. The standard InChI is InChI=1S/C16H24BCl2NO2/c1-7-8-9-11-10(2)13(18)20-14(19)12(11)17-21-15(3,4)16(5,6)22-17/h7-9H2,1-6H3. The van der Waals surface area contributed by atoms with Gasteiger partial charge in [0.15, 0.2) is 0 Å². The molecular weight excluding hydrogens is 320 g/mol. The fourth-order valence-electron chi connectivity index (χ4n) is 2.56. The maximum Gasteiger partial charge on any atom is 0.498 e. The Morgan fingerprint density at radius 3 is 2.09 bits per heavy atom. The molecule has 2 heterocycles. The fourth-order valence-corrected chi connectivity index (χ4v) is 3.09. The molecule has 0 radical (unpaired) electrons. The van der Waals surface area contributed by atoms with Crippen molar-refractivity contribution in [3.8, 4) is 0 Å². The molecule has 0 spiro atoms. The summed E-state index contributed by atoms with van der Waals surface area (Å²) in [5.41, 5.74) is 2.08. The molecule has 0 N–H and O–H groups in total. The van der Waals surface area contributed by atoms with Crippen LogP contribution in [0.25, 0.3) is 0 Å². The molecule has 0 atom stereocenters. The lowest BCUT2D eigenvalue weighted by Crippen LogP contribution is -2.41. The van der Waals surface area contributed by atoms with Gasteiger partial charge in [0.05, 0.1) is 11.2 Å². The summed E-state index contributed by atoms with van der Waals surface area (Å²) >= 11 is 12.6. The summed E-state index contributed by atoms with van der Waals surface area (Å²) in [6.07, 6.45) is 3.05. The van der Waals surface area contributed by atoms with Gasteiger partial charge in [-0.15, -0.1) is 0 Å². The highest BCUT2D eigenvalue weighted by Gasteiger charge is 2.53. The Labute approximate surface area is 143 Å². The van der Waals surface area contributed by atoms with Crippen molar-refractivity contribution >= 4 is 35.8 Å². The van der Waals surface area contributed by atoms with Crippen LogP contribution in [0.3, 0.4) is 0 Å². The first kappa shape index (κ1) is 18.1. The van der Waals surface area contributed by atoms with E-state index >= 15 is 0 Å². The summed E-state index contributed by atoms with van der Waals surface area (Å²) in [4.78, 5) is 4.25. The van der Waals surface area contributed by atoms with Gasteiger partial charge in [0.25, 0.3) is 0 Å². The number of pyridine rings is 1. The average molecular weight is 344 g/mol. The van der Waals surface area contributed by atoms with E-state index < -0.39 is 18.3 Å². The molecule has 1 aliphatic rings. The fraction of sp³-hybridized carbons (Fsp3) is 0.688. The van der Waals surface area contributed by atoms with E-state index in [1.165, 1.54) is 0 Å². The maximum absolute atomic E-state index is 6.40. The van der Waals surface area contributed by atoms with E-state index in [0.717, 1.165) is 35.9 Å². The molecule has 0 aromatic carbocycles. The van der Waals surface area contributed by atoms with Crippen molar-refractivity contribution in [2.45, 2.75) is 72.0 Å². The van der Waals surface area contributed by atoms with E-state index in [2.05, 4.69) is 11.9 Å². The maximum atomic E-state index is 6.40. The van der Waals surface area contributed by atoms with Crippen molar-refractivity contribution < 1.29 is 9.31 Å². The van der Waals surface area contributed by atoms with Crippen molar-refractivity contribution in [3.63, 3.8) is 0 Å². The van der Waals surface area contributed by atoms with Crippen LogP contribution < -0.4 is 5.46 Å². The van der Waals surface area contributed by atoms with Gasteiger partial charge in [0.2, 0.25) is 0 Å². The average Bonchev–Trinajstić information content (AvgIpc) is 2.60. The lowest BCUT2D eigenvalue weighted by molar-refractivity contribution is 0.00578. The van der Waals surface area contributed by atoms with E-state index in [1.54, 1.807) is 0 Å². The summed E-state index contributed by atoms with van der Waals surface area (Å²) in [6.45, 7) is 12.3. The molecule has 1 saturated heterocycles. The van der Waals surface area contributed by atoms with Gasteiger partial charge in [-0.05, 0) is 58.6 Å². The molecule has 0 unspecified atom stereocenters. The Morgan fingerprint density at radius 1 is 1.05 bits per heavy atom. The molecule has 1 aromatic heterocycles. The first-order valence-corrected chi connectivity index (χ1v) is 8.56. The molecule has 6 heteroatoms. The predicted octanol–water partition coefficient (Wildman–Crippen LogP) is 4.34. The highest BCUT2D eigenvalue weighted by Crippen LogP contribution is 2.37. The third-order valence-corrected chi connectivity index (χ3v) is 5.43. The van der Waals surface area contributed by atoms with E-state index in [0.29, 0.717) is 10.3 Å². The van der Waals surface area contributed by atoms with Crippen LogP contribution >= 0.6 is 23.2 Å². The zero-order chi connectivity index (χ0) is 16.7. The number of hydrogen-bond acceptors (Lipinski definition) is 3. The molecule has 1 aliphatic heterocycles. The van der Waals surface area contributed by atoms with Crippen molar-refractivity contribution in [3.05, 3.63) is 21.4 Å². The quantitative estimate of drug-likeness (QED) is 0.602. The van der Waals surface area contributed by atoms with Crippen molar-refractivity contribution in [1.29, 1.82) is 0 Å². The minimum Gasteiger partial charge on any atom is -0.399 e. The Balaban J connectivity index is 2.49. The second-order valence-electron chi connectivity index (χ2n) is 6.90. The van der Waals surface area contributed by atoms with Gasteiger partial charge in [-0.1, -0.05) is 36.5 Å². The molecule has 0 saturated carbocycles. The van der Waals surface area contributed by atoms with E-state index in [-0.39, 0.29) is 0 Å². The zero-order valence-corrected chi connectivity index (χ0v) is 15.7. The Bertz CT molecular complexity index is 560. The molecule has 0 amide bonds. The predicted molar refractivity (Wildman–Crippen MR) is 93.3 cm³/mol. The van der Waals surface area contributed by atoms with Gasteiger partial charge < -0.3 is 9.31 Å². The van der Waals surface area contributed by atoms with E-state index in [9.17, 15) is 0 Å². The van der Waals surface area contributed by atoms with E-state index in [1.807, 2.05) is 34.6 Å². The highest BCUT2D eigenvalue weighted by molar-refractivity contribution is 6.66. The summed E-state index contributed by atoms with van der Waals surface area (Å²) in [6, 6.07) is 0. The second kappa shape index (κ2) is 6.31. The SMILES string of the molecule is CCCCc1c(C)c(Cl)nc(Cl)c1B1OC(C)(C)C(C)(C)O1. The summed E-state index contributed by atoms with van der Waals surface area (Å²) in [5, 5.41) is 0.830. The van der Waals surface area contributed by atoms with Crippen LogP contribution in [0, 0.1) is 6.92 Å². The summed E-state index contributed by atoms with van der Waals surface area (Å²) in [5.74, 6) is 0. The van der Waals surface area contributed by atoms with Gasteiger partial charge in [0, 0.05) is 5.46 Å². The third kappa shape index (κ3) is 3.16. The molecule has 2 rings (SSSR count). The monoisotopic (exact) mass is 343 g/mol. The van der Waals surface area contributed by atoms with Crippen molar-refractivity contribution in [2.24, 2.45) is 0 Å². The normalized spacial score (nSPS) is 19.7. The first-order chi connectivity index (χ1) is 10.1. The van der Waals surface area contributed by atoms with Gasteiger partial charge in [-0.25, -0.2) is 4.98 Å². The minimum absolute atomic E-state index is 0.375. The van der Waals surface area contributed by atoms with Crippen molar-refractivity contribution in [2.75, 3.05) is 0 Å². The van der Waals surface area contributed by atoms with Gasteiger partial charge in [0.1, 0.15) is 10.3 Å². The molecule has 22 heavy (non-hydrogen) atoms. The molecule has 3 nitrogen and oxygen atoms in total. The number of hydrogen-bond donors (Lipinski definition) is 0. The number of halogens is 2. The molecular formula is C16H24BCl2NO2. The van der Waals surface area contributed by atoms with Gasteiger partial charge in [-0.2, -0.15) is 0 Å². The van der Waals surface area contributed by atoms with Crippen LogP contribution in [0.2, 0.25) is 10.3 Å². The van der Waals surface area contributed by atoms with Crippen LogP contribution in [0.4, 0.5) is 0 Å². The highest BCUT2D eigenvalue weighted by atomic mass is 35.5.